The van der Waals surface area contributed by atoms with Gasteiger partial charge < -0.3 is 5.11 Å². The van der Waals surface area contributed by atoms with Gasteiger partial charge in [-0.2, -0.15) is 0 Å². The van der Waals surface area contributed by atoms with Gasteiger partial charge in [0.2, 0.25) is 0 Å². The molecule has 0 aromatic carbocycles. The minimum Gasteiger partial charge on any atom is -0.391 e. The summed E-state index contributed by atoms with van der Waals surface area (Å²) in [6.45, 7) is 6.79. The van der Waals surface area contributed by atoms with E-state index in [0.29, 0.717) is 0 Å². The van der Waals surface area contributed by atoms with Crippen LogP contribution in [0.25, 0.3) is 0 Å². The number of aliphatic hydroxyl groups is 1. The van der Waals surface area contributed by atoms with Gasteiger partial charge >= 0.3 is 0 Å². The van der Waals surface area contributed by atoms with Gasteiger partial charge in [-0.3, -0.25) is 0 Å². The summed E-state index contributed by atoms with van der Waals surface area (Å²) in [4.78, 5) is 2.05. The molecule has 0 bridgehead atoms. The molecule has 1 aromatic rings. The van der Waals surface area contributed by atoms with E-state index in [9.17, 15) is 0 Å². The summed E-state index contributed by atoms with van der Waals surface area (Å²) in [6.07, 6.45) is 0. The maximum absolute atomic E-state index is 8.85. The molecule has 0 saturated carbocycles. The Kier molecular flexibility index (Phi) is 3.31. The van der Waals surface area contributed by atoms with Crippen molar-refractivity contribution in [3.05, 3.63) is 21.9 Å². The molecule has 13 heavy (non-hydrogen) atoms. The molecule has 0 fully saturated rings. The molecule has 1 rings (SSSR count). The van der Waals surface area contributed by atoms with Crippen LogP contribution in [0.15, 0.2) is 12.1 Å². The maximum atomic E-state index is 8.85. The molecule has 1 heterocycles. The molecule has 3 heteroatoms. The van der Waals surface area contributed by atoms with Crippen LogP contribution in [0, 0.1) is 11.5 Å². The zero-order valence-corrected chi connectivity index (χ0v) is 10.0. The number of hydrogen-bond acceptors (Lipinski definition) is 2. The van der Waals surface area contributed by atoms with Crippen LogP contribution in [0.5, 0.6) is 0 Å². The van der Waals surface area contributed by atoms with Gasteiger partial charge in [-0.1, -0.05) is 25.6 Å². The fraction of sp³-hybridized carbons (Fsp3) is 0.400. The average Bonchev–Trinajstić information content (AvgIpc) is 2.47. The molecule has 0 amide bonds. The molecular formula is C10H14OSSi. The third-order valence-corrected chi connectivity index (χ3v) is 3.24. The fourth-order valence-electron chi connectivity index (χ4n) is 0.779. The maximum Gasteiger partial charge on any atom is 0.129 e. The Morgan fingerprint density at radius 2 is 2.08 bits per heavy atom. The third kappa shape index (κ3) is 3.77. The molecule has 0 aliphatic rings. The summed E-state index contributed by atoms with van der Waals surface area (Å²) in [5, 5.41) is 8.85. The molecule has 0 aliphatic heterocycles. The quantitative estimate of drug-likeness (QED) is 0.558. The van der Waals surface area contributed by atoms with E-state index in [1.165, 1.54) is 0 Å². The topological polar surface area (TPSA) is 20.2 Å². The van der Waals surface area contributed by atoms with Crippen molar-refractivity contribution in [2.24, 2.45) is 0 Å². The van der Waals surface area contributed by atoms with Crippen LogP contribution in [0.1, 0.15) is 9.75 Å². The second-order valence-electron chi connectivity index (χ2n) is 3.92. The van der Waals surface area contributed by atoms with Gasteiger partial charge in [0.1, 0.15) is 8.07 Å². The first-order chi connectivity index (χ1) is 6.01. The zero-order valence-electron chi connectivity index (χ0n) is 8.22. The second kappa shape index (κ2) is 4.10. The van der Waals surface area contributed by atoms with Gasteiger partial charge in [-0.05, 0) is 12.1 Å². The van der Waals surface area contributed by atoms with Gasteiger partial charge in [0, 0.05) is 4.88 Å². The summed E-state index contributed by atoms with van der Waals surface area (Å²) < 4.78 is 0. The van der Waals surface area contributed by atoms with Crippen molar-refractivity contribution in [1.29, 1.82) is 0 Å². The largest absolute Gasteiger partial charge is 0.391 e. The minimum absolute atomic E-state index is 0.124. The van der Waals surface area contributed by atoms with E-state index in [0.717, 1.165) is 9.75 Å². The number of thiophene rings is 1. The molecule has 0 saturated heterocycles. The number of aliphatic hydroxyl groups excluding tert-OH is 1. The van der Waals surface area contributed by atoms with E-state index >= 15 is 0 Å². The van der Waals surface area contributed by atoms with E-state index in [2.05, 4.69) is 31.1 Å². The molecule has 1 nitrogen and oxygen atoms in total. The highest BCUT2D eigenvalue weighted by atomic mass is 32.1. The van der Waals surface area contributed by atoms with Crippen molar-refractivity contribution in [2.75, 3.05) is 0 Å². The lowest BCUT2D eigenvalue weighted by atomic mass is 10.4. The molecule has 1 N–H and O–H groups in total. The Labute approximate surface area is 84.4 Å². The summed E-state index contributed by atoms with van der Waals surface area (Å²) >= 11 is 1.57. The van der Waals surface area contributed by atoms with E-state index in [4.69, 9.17) is 5.11 Å². The highest BCUT2D eigenvalue weighted by Crippen LogP contribution is 2.15. The lowest BCUT2D eigenvalue weighted by molar-refractivity contribution is 0.285. The normalized spacial score (nSPS) is 10.8. The molecule has 70 valence electrons. The Morgan fingerprint density at radius 1 is 1.38 bits per heavy atom. The van der Waals surface area contributed by atoms with Crippen molar-refractivity contribution in [2.45, 2.75) is 26.2 Å². The van der Waals surface area contributed by atoms with Crippen LogP contribution in [-0.4, -0.2) is 13.2 Å². The van der Waals surface area contributed by atoms with Crippen molar-refractivity contribution >= 4 is 19.4 Å². The second-order valence-corrected chi connectivity index (χ2v) is 9.84. The standard InChI is InChI=1S/C10H14OSSi/c1-13(2,3)7-6-9-4-5-10(8-11)12-9/h4-5,11H,8H2,1-3H3. The first kappa shape index (κ1) is 10.5. The average molecular weight is 210 g/mol. The van der Waals surface area contributed by atoms with Crippen LogP contribution in [0.4, 0.5) is 0 Å². The molecule has 0 unspecified atom stereocenters. The smallest absolute Gasteiger partial charge is 0.129 e. The van der Waals surface area contributed by atoms with Crippen molar-refractivity contribution < 1.29 is 5.11 Å². The first-order valence-electron chi connectivity index (χ1n) is 4.24. The Morgan fingerprint density at radius 3 is 2.54 bits per heavy atom. The van der Waals surface area contributed by atoms with Gasteiger partial charge in [0.25, 0.3) is 0 Å². The number of hydrogen-bond donors (Lipinski definition) is 1. The Bertz CT molecular complexity index is 338. The summed E-state index contributed by atoms with van der Waals surface area (Å²) in [5.41, 5.74) is 3.29. The van der Waals surface area contributed by atoms with E-state index in [-0.39, 0.29) is 6.61 Å². The monoisotopic (exact) mass is 210 g/mol. The highest BCUT2D eigenvalue weighted by molar-refractivity contribution is 7.12. The third-order valence-electron chi connectivity index (χ3n) is 1.38. The summed E-state index contributed by atoms with van der Waals surface area (Å²) in [5.74, 6) is 3.16. The SMILES string of the molecule is C[Si](C)(C)C#Cc1ccc(CO)s1. The van der Waals surface area contributed by atoms with Crippen LogP contribution in [0.2, 0.25) is 19.6 Å². The van der Waals surface area contributed by atoms with Gasteiger partial charge in [-0.15, -0.1) is 16.9 Å². The van der Waals surface area contributed by atoms with E-state index in [1.54, 1.807) is 11.3 Å². The summed E-state index contributed by atoms with van der Waals surface area (Å²) in [7, 11) is -1.26. The van der Waals surface area contributed by atoms with Crippen molar-refractivity contribution in [3.63, 3.8) is 0 Å². The lowest BCUT2D eigenvalue weighted by Gasteiger charge is -2.02. The molecule has 0 radical (unpaired) electrons. The van der Waals surface area contributed by atoms with Crippen molar-refractivity contribution in [1.82, 2.24) is 0 Å². The van der Waals surface area contributed by atoms with Gasteiger partial charge in [0.15, 0.2) is 0 Å². The van der Waals surface area contributed by atoms with E-state index < -0.39 is 8.07 Å². The predicted octanol–water partition coefficient (Wildman–Crippen LogP) is 2.47. The molecule has 1 aromatic heterocycles. The minimum atomic E-state index is -1.26. The highest BCUT2D eigenvalue weighted by Gasteiger charge is 2.07. The number of rotatable bonds is 1. The predicted molar refractivity (Wildman–Crippen MR) is 60.5 cm³/mol. The fourth-order valence-corrected chi connectivity index (χ4v) is 2.10. The van der Waals surface area contributed by atoms with Crippen LogP contribution in [0.3, 0.4) is 0 Å². The Hall–Kier alpha value is -0.563. The lowest BCUT2D eigenvalue weighted by Crippen LogP contribution is -2.16. The van der Waals surface area contributed by atoms with Gasteiger partial charge in [0.05, 0.1) is 11.5 Å². The molecular weight excluding hydrogens is 196 g/mol. The van der Waals surface area contributed by atoms with Crippen LogP contribution < -0.4 is 0 Å². The molecule has 0 atom stereocenters. The van der Waals surface area contributed by atoms with Crippen LogP contribution in [-0.2, 0) is 6.61 Å². The zero-order chi connectivity index (χ0) is 9.90. The first-order valence-corrected chi connectivity index (χ1v) is 8.56. The van der Waals surface area contributed by atoms with Crippen molar-refractivity contribution in [3.8, 4) is 11.5 Å². The van der Waals surface area contributed by atoms with Gasteiger partial charge in [-0.25, -0.2) is 0 Å². The molecule has 0 aliphatic carbocycles. The molecule has 0 spiro atoms. The Balaban J connectivity index is 2.78. The van der Waals surface area contributed by atoms with E-state index in [1.807, 2.05) is 12.1 Å². The van der Waals surface area contributed by atoms with Crippen LogP contribution >= 0.6 is 11.3 Å². The summed E-state index contributed by atoms with van der Waals surface area (Å²) in [6, 6.07) is 3.91.